The lowest BCUT2D eigenvalue weighted by atomic mass is 9.85. The van der Waals surface area contributed by atoms with Gasteiger partial charge in [0.15, 0.2) is 5.78 Å². The second kappa shape index (κ2) is 7.75. The number of allylic oxidation sites excluding steroid dienone is 2. The Bertz CT molecular complexity index is 1200. The zero-order valence-corrected chi connectivity index (χ0v) is 17.1. The first kappa shape index (κ1) is 19.1. The number of anilines is 2. The summed E-state index contributed by atoms with van der Waals surface area (Å²) in [6, 6.07) is 16.7. The van der Waals surface area contributed by atoms with Crippen LogP contribution >= 0.6 is 0 Å². The maximum Gasteiger partial charge on any atom is 0.261 e. The molecular weight excluding hydrogens is 392 g/mol. The summed E-state index contributed by atoms with van der Waals surface area (Å²) in [5.41, 5.74) is 3.65. The van der Waals surface area contributed by atoms with Gasteiger partial charge in [-0.1, -0.05) is 36.4 Å². The smallest absolute Gasteiger partial charge is 0.261 e. The van der Waals surface area contributed by atoms with Crippen molar-refractivity contribution < 1.29 is 14.3 Å². The van der Waals surface area contributed by atoms with Gasteiger partial charge in [0.2, 0.25) is 0 Å². The molecule has 1 amide bonds. The number of nitrogens with zero attached hydrogens (tertiary/aromatic N) is 2. The van der Waals surface area contributed by atoms with Gasteiger partial charge in [-0.3, -0.25) is 9.59 Å². The average Bonchev–Trinajstić information content (AvgIpc) is 3.22. The van der Waals surface area contributed by atoms with Crippen LogP contribution in [0.3, 0.4) is 0 Å². The van der Waals surface area contributed by atoms with Crippen molar-refractivity contribution in [3.63, 3.8) is 0 Å². The molecule has 1 aliphatic carbocycles. The van der Waals surface area contributed by atoms with Crippen LogP contribution in [0.4, 0.5) is 11.5 Å². The Hall–Kier alpha value is -3.87. The molecule has 2 N–H and O–H groups in total. The Labute approximate surface area is 179 Å². The Morgan fingerprint density at radius 2 is 2.00 bits per heavy atom. The van der Waals surface area contributed by atoms with E-state index in [1.54, 1.807) is 30.1 Å². The molecule has 0 radical (unpaired) electrons. The van der Waals surface area contributed by atoms with Crippen molar-refractivity contribution in [2.24, 2.45) is 0 Å². The Balaban J connectivity index is 1.54. The van der Waals surface area contributed by atoms with Gasteiger partial charge in [0.05, 0.1) is 13.3 Å². The maximum absolute atomic E-state index is 13.1. The number of benzene rings is 2. The zero-order valence-electron chi connectivity index (χ0n) is 17.1. The fourth-order valence-electron chi connectivity index (χ4n) is 4.27. The largest absolute Gasteiger partial charge is 0.497 e. The lowest BCUT2D eigenvalue weighted by molar-refractivity contribution is -0.116. The number of ketones is 1. The highest BCUT2D eigenvalue weighted by atomic mass is 16.5. The molecule has 1 atom stereocenters. The number of rotatable bonds is 4. The van der Waals surface area contributed by atoms with Crippen LogP contribution in [0, 0.1) is 0 Å². The summed E-state index contributed by atoms with van der Waals surface area (Å²) in [5.74, 6) is 1.11. The van der Waals surface area contributed by atoms with Crippen LogP contribution in [0.2, 0.25) is 0 Å². The highest BCUT2D eigenvalue weighted by Crippen LogP contribution is 2.41. The fourth-order valence-corrected chi connectivity index (χ4v) is 4.27. The Morgan fingerprint density at radius 1 is 1.16 bits per heavy atom. The second-order valence-electron chi connectivity index (χ2n) is 7.64. The van der Waals surface area contributed by atoms with E-state index < -0.39 is 0 Å². The van der Waals surface area contributed by atoms with E-state index in [0.717, 1.165) is 29.7 Å². The van der Waals surface area contributed by atoms with E-state index in [1.165, 1.54) is 0 Å². The first-order valence-electron chi connectivity index (χ1n) is 10.3. The van der Waals surface area contributed by atoms with Gasteiger partial charge >= 0.3 is 0 Å². The molecule has 0 saturated heterocycles. The number of carbonyl (C=O) groups is 2. The first-order valence-corrected chi connectivity index (χ1v) is 10.3. The van der Waals surface area contributed by atoms with Crippen LogP contribution < -0.4 is 15.4 Å². The van der Waals surface area contributed by atoms with Gasteiger partial charge in [-0.05, 0) is 30.5 Å². The molecule has 2 aromatic carbocycles. The highest BCUT2D eigenvalue weighted by Gasteiger charge is 2.37. The van der Waals surface area contributed by atoms with Gasteiger partial charge in [0.1, 0.15) is 23.2 Å². The predicted molar refractivity (Wildman–Crippen MR) is 117 cm³/mol. The Morgan fingerprint density at radius 3 is 2.81 bits per heavy atom. The summed E-state index contributed by atoms with van der Waals surface area (Å²) in [6.45, 7) is 0. The minimum atomic E-state index is -0.349. The van der Waals surface area contributed by atoms with Crippen molar-refractivity contribution in [3.8, 4) is 5.75 Å². The normalized spacial score (nSPS) is 17.5. The van der Waals surface area contributed by atoms with Gasteiger partial charge in [-0.25, -0.2) is 4.68 Å². The number of fused-ring (bicyclic) bond motifs is 1. The van der Waals surface area contributed by atoms with E-state index in [2.05, 4.69) is 15.7 Å². The zero-order chi connectivity index (χ0) is 21.4. The fraction of sp³-hybridized carbons (Fsp3) is 0.208. The summed E-state index contributed by atoms with van der Waals surface area (Å²) in [7, 11) is 1.58. The first-order chi connectivity index (χ1) is 15.2. The number of hydrogen-bond donors (Lipinski definition) is 2. The summed E-state index contributed by atoms with van der Waals surface area (Å²) < 4.78 is 6.98. The molecule has 7 heteroatoms. The summed E-state index contributed by atoms with van der Waals surface area (Å²) in [4.78, 5) is 25.9. The SMILES string of the molecule is COc1cccc(NC(=O)c2cnn3c2NC2=C(C(=O)CCC2)C3c2ccccc2)c1. The third-order valence-corrected chi connectivity index (χ3v) is 5.73. The van der Waals surface area contributed by atoms with Crippen LogP contribution in [-0.2, 0) is 4.79 Å². The van der Waals surface area contributed by atoms with E-state index in [-0.39, 0.29) is 17.7 Å². The van der Waals surface area contributed by atoms with Gasteiger partial charge in [0, 0.05) is 29.4 Å². The third-order valence-electron chi connectivity index (χ3n) is 5.73. The molecule has 0 bridgehead atoms. The number of amides is 1. The second-order valence-corrected chi connectivity index (χ2v) is 7.64. The lowest BCUT2D eigenvalue weighted by Crippen LogP contribution is -2.32. The quantitative estimate of drug-likeness (QED) is 0.669. The van der Waals surface area contributed by atoms with E-state index in [1.807, 2.05) is 42.5 Å². The standard InChI is InChI=1S/C24H22N4O3/c1-31-17-10-5-9-16(13-17)26-24(30)18-14-25-28-22(15-7-3-2-4-8-15)21-19(27-23(18)28)11-6-12-20(21)29/h2-5,7-10,13-14,22,27H,6,11-12H2,1H3,(H,26,30). The van der Waals surface area contributed by atoms with Crippen molar-refractivity contribution in [2.45, 2.75) is 25.3 Å². The van der Waals surface area contributed by atoms with Crippen molar-refractivity contribution in [3.05, 3.63) is 83.2 Å². The molecular formula is C24H22N4O3. The van der Waals surface area contributed by atoms with Gasteiger partial charge in [0.25, 0.3) is 5.91 Å². The molecule has 0 fully saturated rings. The number of aromatic nitrogens is 2. The highest BCUT2D eigenvalue weighted by molar-refractivity contribution is 6.08. The summed E-state index contributed by atoms with van der Waals surface area (Å²) >= 11 is 0. The molecule has 1 aliphatic heterocycles. The molecule has 156 valence electrons. The van der Waals surface area contributed by atoms with Gasteiger partial charge in [-0.15, -0.1) is 0 Å². The molecule has 5 rings (SSSR count). The molecule has 1 aromatic heterocycles. The number of ether oxygens (including phenoxy) is 1. The molecule has 31 heavy (non-hydrogen) atoms. The van der Waals surface area contributed by atoms with E-state index in [0.29, 0.717) is 29.2 Å². The molecule has 2 aliphatic rings. The van der Waals surface area contributed by atoms with Crippen LogP contribution in [0.1, 0.15) is 41.2 Å². The minimum Gasteiger partial charge on any atom is -0.497 e. The molecule has 2 heterocycles. The van der Waals surface area contributed by atoms with Crippen LogP contribution in [-0.4, -0.2) is 28.6 Å². The monoisotopic (exact) mass is 414 g/mol. The van der Waals surface area contributed by atoms with Crippen molar-refractivity contribution in [1.29, 1.82) is 0 Å². The summed E-state index contributed by atoms with van der Waals surface area (Å²) in [5, 5.41) is 10.8. The van der Waals surface area contributed by atoms with E-state index >= 15 is 0 Å². The predicted octanol–water partition coefficient (Wildman–Crippen LogP) is 4.17. The van der Waals surface area contributed by atoms with Crippen LogP contribution in [0.5, 0.6) is 5.75 Å². The van der Waals surface area contributed by atoms with Gasteiger partial charge < -0.3 is 15.4 Å². The number of Topliss-reactive ketones (excluding diaryl/α,β-unsaturated/α-hetero) is 1. The molecule has 1 unspecified atom stereocenters. The maximum atomic E-state index is 13.1. The Kier molecular flexibility index (Phi) is 4.78. The van der Waals surface area contributed by atoms with Gasteiger partial charge in [-0.2, -0.15) is 5.10 Å². The topological polar surface area (TPSA) is 85.2 Å². The van der Waals surface area contributed by atoms with Crippen LogP contribution in [0.15, 0.2) is 72.1 Å². The van der Waals surface area contributed by atoms with Crippen LogP contribution in [0.25, 0.3) is 0 Å². The third kappa shape index (κ3) is 3.38. The number of methoxy groups -OCH3 is 1. The lowest BCUT2D eigenvalue weighted by Gasteiger charge is -2.33. The van der Waals surface area contributed by atoms with Crippen molar-refractivity contribution in [1.82, 2.24) is 9.78 Å². The van der Waals surface area contributed by atoms with E-state index in [4.69, 9.17) is 4.74 Å². The minimum absolute atomic E-state index is 0.131. The summed E-state index contributed by atoms with van der Waals surface area (Å²) in [6.07, 6.45) is 3.65. The molecule has 0 spiro atoms. The van der Waals surface area contributed by atoms with Crippen molar-refractivity contribution in [2.75, 3.05) is 17.7 Å². The van der Waals surface area contributed by atoms with Crippen molar-refractivity contribution >= 4 is 23.2 Å². The molecule has 3 aromatic rings. The number of nitrogens with one attached hydrogen (secondary N) is 2. The van der Waals surface area contributed by atoms with E-state index in [9.17, 15) is 9.59 Å². The molecule has 0 saturated carbocycles. The number of carbonyl (C=O) groups excluding carboxylic acids is 2. The number of hydrogen-bond acceptors (Lipinski definition) is 5. The molecule has 7 nitrogen and oxygen atoms in total. The average molecular weight is 414 g/mol.